The Labute approximate surface area is 73.8 Å². The quantitative estimate of drug-likeness (QED) is 0.342. The summed E-state index contributed by atoms with van der Waals surface area (Å²) in [6.07, 6.45) is -0.00195. The van der Waals surface area contributed by atoms with Crippen LogP contribution in [0.3, 0.4) is 0 Å². The van der Waals surface area contributed by atoms with E-state index in [2.05, 4.69) is 4.84 Å². The first-order valence-corrected chi connectivity index (χ1v) is 3.45. The Morgan fingerprint density at radius 2 is 2.23 bits per heavy atom. The maximum atomic E-state index is 10.6. The van der Waals surface area contributed by atoms with Crippen LogP contribution in [0.5, 0.6) is 0 Å². The van der Waals surface area contributed by atoms with Crippen molar-refractivity contribution in [3.8, 4) is 0 Å². The van der Waals surface area contributed by atoms with Crippen LogP contribution in [0, 0.1) is 0 Å². The summed E-state index contributed by atoms with van der Waals surface area (Å²) in [5.41, 5.74) is 6.78. The van der Waals surface area contributed by atoms with Crippen molar-refractivity contribution in [3.05, 3.63) is 0 Å². The minimum Gasteiger partial charge on any atom is -0.480 e. The smallest absolute Gasteiger partial charge is 0.332 e. The molecule has 0 saturated carbocycles. The zero-order valence-electron chi connectivity index (χ0n) is 6.73. The number of amides is 1. The van der Waals surface area contributed by atoms with Crippen molar-refractivity contribution in [1.29, 1.82) is 0 Å². The van der Waals surface area contributed by atoms with E-state index in [1.807, 2.05) is 0 Å². The fourth-order valence-electron chi connectivity index (χ4n) is 0.538. The highest BCUT2D eigenvalue weighted by Crippen LogP contribution is 1.95. The van der Waals surface area contributed by atoms with Gasteiger partial charge in [-0.1, -0.05) is 0 Å². The molecule has 0 heterocycles. The molecular weight excluding hydrogens is 180 g/mol. The van der Waals surface area contributed by atoms with Crippen LogP contribution in [0.25, 0.3) is 0 Å². The molecule has 0 aromatic heterocycles. The van der Waals surface area contributed by atoms with Gasteiger partial charge in [0.25, 0.3) is 0 Å². The number of hydrogen-bond donors (Lipinski definition) is 3. The molecule has 4 N–H and O–H groups in total. The van der Waals surface area contributed by atoms with Crippen molar-refractivity contribution in [2.24, 2.45) is 5.73 Å². The Balaban J connectivity index is 3.57. The van der Waals surface area contributed by atoms with E-state index in [1.165, 1.54) is 0 Å². The minimum atomic E-state index is -1.18. The van der Waals surface area contributed by atoms with Gasteiger partial charge in [-0.2, -0.15) is 5.48 Å². The molecule has 0 aromatic rings. The number of aliphatic carboxylic acids is 1. The van der Waals surface area contributed by atoms with Gasteiger partial charge in [0, 0.05) is 6.42 Å². The van der Waals surface area contributed by atoms with Crippen molar-refractivity contribution in [3.63, 3.8) is 0 Å². The van der Waals surface area contributed by atoms with Gasteiger partial charge in [-0.15, -0.1) is 0 Å². The fourth-order valence-corrected chi connectivity index (χ4v) is 0.538. The molecule has 7 heteroatoms. The van der Waals surface area contributed by atoms with Gasteiger partial charge in [0.1, 0.15) is 6.04 Å². The van der Waals surface area contributed by atoms with Gasteiger partial charge < -0.3 is 15.7 Å². The average Bonchev–Trinajstić information content (AvgIpc) is 2.10. The van der Waals surface area contributed by atoms with Gasteiger partial charge in [0.15, 0.2) is 0 Å². The first-order chi connectivity index (χ1) is 6.07. The third-order valence-corrected chi connectivity index (χ3v) is 1.20. The second kappa shape index (κ2) is 5.95. The highest BCUT2D eigenvalue weighted by Gasteiger charge is 2.13. The lowest BCUT2D eigenvalue weighted by molar-refractivity contribution is -0.154. The largest absolute Gasteiger partial charge is 0.480 e. The Hall–Kier alpha value is -1.63. The second-order valence-corrected chi connectivity index (χ2v) is 2.19. The van der Waals surface area contributed by atoms with Gasteiger partial charge in [0.2, 0.25) is 6.41 Å². The van der Waals surface area contributed by atoms with E-state index in [9.17, 15) is 14.4 Å². The van der Waals surface area contributed by atoms with E-state index in [-0.39, 0.29) is 19.3 Å². The zero-order valence-corrected chi connectivity index (χ0v) is 6.73. The van der Waals surface area contributed by atoms with Crippen molar-refractivity contribution in [2.75, 3.05) is 0 Å². The molecule has 0 aliphatic heterocycles. The Morgan fingerprint density at radius 3 is 2.69 bits per heavy atom. The first kappa shape index (κ1) is 11.4. The van der Waals surface area contributed by atoms with E-state index in [4.69, 9.17) is 10.8 Å². The van der Waals surface area contributed by atoms with Crippen LogP contribution in [0.4, 0.5) is 0 Å². The molecule has 0 rings (SSSR count). The number of hydroxylamine groups is 1. The Kier molecular flexibility index (Phi) is 5.20. The van der Waals surface area contributed by atoms with Gasteiger partial charge in [-0.25, -0.2) is 4.79 Å². The van der Waals surface area contributed by atoms with Gasteiger partial charge >= 0.3 is 11.9 Å². The van der Waals surface area contributed by atoms with Gasteiger partial charge in [0.05, 0.1) is 0 Å². The SMILES string of the molecule is N[C@@H](CCC(=O)ONC=O)C(=O)O. The van der Waals surface area contributed by atoms with E-state index in [0.717, 1.165) is 0 Å². The number of carboxylic acids is 1. The standard InChI is InChI=1S/C6H10N2O5/c7-4(6(11)12)1-2-5(10)13-8-3-9/h3-4H,1-2,7H2,(H,8,9)(H,11,12)/t4-/m0/s1. The Morgan fingerprint density at radius 1 is 1.62 bits per heavy atom. The number of carboxylic acid groups (broad SMARTS) is 1. The molecule has 0 aliphatic rings. The highest BCUT2D eigenvalue weighted by molar-refractivity contribution is 5.75. The topological polar surface area (TPSA) is 119 Å². The number of nitrogens with two attached hydrogens (primary N) is 1. The summed E-state index contributed by atoms with van der Waals surface area (Å²) in [4.78, 5) is 34.6. The fraction of sp³-hybridized carbons (Fsp3) is 0.500. The minimum absolute atomic E-state index is 0.0330. The summed E-state index contributed by atoms with van der Waals surface area (Å²) in [6.45, 7) is 0. The van der Waals surface area contributed by atoms with Crippen molar-refractivity contribution >= 4 is 18.3 Å². The number of carbonyl (C=O) groups is 3. The molecule has 0 unspecified atom stereocenters. The molecule has 0 radical (unpaired) electrons. The molecule has 7 nitrogen and oxygen atoms in total. The zero-order chi connectivity index (χ0) is 10.3. The monoisotopic (exact) mass is 190 g/mol. The van der Waals surface area contributed by atoms with E-state index in [1.54, 1.807) is 5.48 Å². The molecular formula is C6H10N2O5. The van der Waals surface area contributed by atoms with Crippen molar-refractivity contribution in [2.45, 2.75) is 18.9 Å². The van der Waals surface area contributed by atoms with Crippen LogP contribution >= 0.6 is 0 Å². The molecule has 0 spiro atoms. The number of hydrogen-bond acceptors (Lipinski definition) is 5. The molecule has 13 heavy (non-hydrogen) atoms. The van der Waals surface area contributed by atoms with Crippen LogP contribution in [0.15, 0.2) is 0 Å². The molecule has 74 valence electrons. The third-order valence-electron chi connectivity index (χ3n) is 1.20. The predicted octanol–water partition coefficient (Wildman–Crippen LogP) is -1.62. The van der Waals surface area contributed by atoms with Crippen molar-refractivity contribution < 1.29 is 24.3 Å². The molecule has 1 atom stereocenters. The summed E-state index contributed by atoms with van der Waals surface area (Å²) in [5, 5.41) is 8.32. The Bertz CT molecular complexity index is 205. The summed E-state index contributed by atoms with van der Waals surface area (Å²) in [6, 6.07) is -1.09. The van der Waals surface area contributed by atoms with E-state index in [0.29, 0.717) is 0 Å². The van der Waals surface area contributed by atoms with Crippen LogP contribution in [-0.4, -0.2) is 29.5 Å². The molecule has 1 amide bonds. The second-order valence-electron chi connectivity index (χ2n) is 2.19. The number of rotatable bonds is 6. The summed E-state index contributed by atoms with van der Waals surface area (Å²) in [7, 11) is 0. The molecule has 0 saturated heterocycles. The van der Waals surface area contributed by atoms with E-state index >= 15 is 0 Å². The molecule has 0 bridgehead atoms. The molecule has 0 aliphatic carbocycles. The first-order valence-electron chi connectivity index (χ1n) is 3.45. The average molecular weight is 190 g/mol. The van der Waals surface area contributed by atoms with Crippen LogP contribution in [0.1, 0.15) is 12.8 Å². The predicted molar refractivity (Wildman–Crippen MR) is 40.1 cm³/mol. The third kappa shape index (κ3) is 5.62. The lowest BCUT2D eigenvalue weighted by Gasteiger charge is -2.04. The van der Waals surface area contributed by atoms with Crippen LogP contribution in [0.2, 0.25) is 0 Å². The van der Waals surface area contributed by atoms with Crippen molar-refractivity contribution in [1.82, 2.24) is 5.48 Å². The molecule has 0 aromatic carbocycles. The maximum Gasteiger partial charge on any atom is 0.332 e. The summed E-state index contributed by atoms with van der Waals surface area (Å²) < 4.78 is 0. The summed E-state index contributed by atoms with van der Waals surface area (Å²) in [5.74, 6) is -1.92. The number of carbonyl (C=O) groups excluding carboxylic acids is 2. The maximum absolute atomic E-state index is 10.6. The lowest BCUT2D eigenvalue weighted by Crippen LogP contribution is -2.31. The van der Waals surface area contributed by atoms with Gasteiger partial charge in [-0.3, -0.25) is 9.59 Å². The lowest BCUT2D eigenvalue weighted by atomic mass is 10.2. The normalized spacial score (nSPS) is 11.5. The van der Waals surface area contributed by atoms with Gasteiger partial charge in [-0.05, 0) is 6.42 Å². The van der Waals surface area contributed by atoms with E-state index < -0.39 is 18.0 Å². The molecule has 0 fully saturated rings. The summed E-state index contributed by atoms with van der Waals surface area (Å²) >= 11 is 0. The van der Waals surface area contributed by atoms with Crippen LogP contribution < -0.4 is 11.2 Å². The number of nitrogens with one attached hydrogen (secondary N) is 1. The highest BCUT2D eigenvalue weighted by atomic mass is 16.7. The van der Waals surface area contributed by atoms with Crippen LogP contribution in [-0.2, 0) is 19.2 Å².